The lowest BCUT2D eigenvalue weighted by Gasteiger charge is -2.17. The summed E-state index contributed by atoms with van der Waals surface area (Å²) < 4.78 is 10.2. The van der Waals surface area contributed by atoms with Crippen LogP contribution in [0.25, 0.3) is 0 Å². The molecule has 0 aliphatic heterocycles. The number of ether oxygens (including phenoxy) is 2. The predicted octanol–water partition coefficient (Wildman–Crippen LogP) is 1.96. The predicted molar refractivity (Wildman–Crippen MR) is 94.4 cm³/mol. The fourth-order valence-electron chi connectivity index (χ4n) is 2.55. The molecular formula is C19H22N2O4. The average molecular weight is 342 g/mol. The van der Waals surface area contributed by atoms with Crippen molar-refractivity contribution in [3.8, 4) is 11.5 Å². The Morgan fingerprint density at radius 1 is 0.800 bits per heavy atom. The summed E-state index contributed by atoms with van der Waals surface area (Å²) in [4.78, 5) is 22.4. The third-order valence-electron chi connectivity index (χ3n) is 3.77. The number of esters is 2. The van der Waals surface area contributed by atoms with Crippen molar-refractivity contribution in [3.63, 3.8) is 0 Å². The van der Waals surface area contributed by atoms with Gasteiger partial charge in [0.25, 0.3) is 0 Å². The summed E-state index contributed by atoms with van der Waals surface area (Å²) in [6.45, 7) is 1.79. The van der Waals surface area contributed by atoms with Crippen molar-refractivity contribution < 1.29 is 19.1 Å². The van der Waals surface area contributed by atoms with Crippen LogP contribution in [0, 0.1) is 0 Å². The number of carbonyl (C=O) groups is 2. The summed E-state index contributed by atoms with van der Waals surface area (Å²) in [6.07, 6.45) is 0.893. The molecule has 0 saturated carbocycles. The molecule has 0 spiro atoms. The van der Waals surface area contributed by atoms with Gasteiger partial charge in [-0.2, -0.15) is 0 Å². The third kappa shape index (κ3) is 5.14. The minimum absolute atomic E-state index is 0.152. The largest absolute Gasteiger partial charge is 0.426 e. The van der Waals surface area contributed by atoms with E-state index in [-0.39, 0.29) is 19.0 Å². The van der Waals surface area contributed by atoms with E-state index in [0.717, 1.165) is 17.5 Å². The third-order valence-corrected chi connectivity index (χ3v) is 3.77. The number of hydrogen-bond donors (Lipinski definition) is 2. The molecule has 0 heterocycles. The summed E-state index contributed by atoms with van der Waals surface area (Å²) in [5.41, 5.74) is 12.7. The molecule has 0 radical (unpaired) electrons. The minimum Gasteiger partial charge on any atom is -0.426 e. The van der Waals surface area contributed by atoms with Crippen molar-refractivity contribution in [1.29, 1.82) is 0 Å². The monoisotopic (exact) mass is 342 g/mol. The number of nitrogens with two attached hydrogens (primary N) is 2. The van der Waals surface area contributed by atoms with Crippen molar-refractivity contribution >= 4 is 11.9 Å². The molecule has 0 atom stereocenters. The van der Waals surface area contributed by atoms with Gasteiger partial charge in [0.15, 0.2) is 0 Å². The average Bonchev–Trinajstić information content (AvgIpc) is 2.64. The van der Waals surface area contributed by atoms with Gasteiger partial charge in [0, 0.05) is 5.92 Å². The fourth-order valence-corrected chi connectivity index (χ4v) is 2.55. The van der Waals surface area contributed by atoms with Gasteiger partial charge in [-0.15, -0.1) is 0 Å². The molecule has 0 amide bonds. The SMILES string of the molecule is CCC(c1ccc(OC(=O)CN)cc1)c1ccc(OC(=O)CN)cc1. The molecule has 0 aromatic heterocycles. The highest BCUT2D eigenvalue weighted by atomic mass is 16.5. The lowest BCUT2D eigenvalue weighted by molar-refractivity contribution is -0.133. The van der Waals surface area contributed by atoms with E-state index >= 15 is 0 Å². The first-order chi connectivity index (χ1) is 12.1. The van der Waals surface area contributed by atoms with E-state index in [9.17, 15) is 9.59 Å². The first kappa shape index (κ1) is 18.6. The summed E-state index contributed by atoms with van der Waals surface area (Å²) >= 11 is 0. The Morgan fingerprint density at radius 3 is 1.44 bits per heavy atom. The molecule has 0 unspecified atom stereocenters. The Labute approximate surface area is 146 Å². The van der Waals surface area contributed by atoms with Crippen LogP contribution in [0.2, 0.25) is 0 Å². The van der Waals surface area contributed by atoms with Crippen LogP contribution in [0.4, 0.5) is 0 Å². The molecule has 0 aliphatic rings. The molecule has 6 heteroatoms. The second kappa shape index (κ2) is 8.96. The Balaban J connectivity index is 2.13. The van der Waals surface area contributed by atoms with Crippen molar-refractivity contribution in [2.24, 2.45) is 11.5 Å². The highest BCUT2D eigenvalue weighted by Gasteiger charge is 2.13. The van der Waals surface area contributed by atoms with Gasteiger partial charge in [0.2, 0.25) is 0 Å². The van der Waals surface area contributed by atoms with Crippen LogP contribution in [0.5, 0.6) is 11.5 Å². The number of carbonyl (C=O) groups excluding carboxylic acids is 2. The van der Waals surface area contributed by atoms with Crippen LogP contribution in [0.15, 0.2) is 48.5 Å². The Morgan fingerprint density at radius 2 is 1.16 bits per heavy atom. The molecular weight excluding hydrogens is 320 g/mol. The van der Waals surface area contributed by atoms with Gasteiger partial charge in [-0.05, 0) is 41.8 Å². The molecule has 0 saturated heterocycles. The Bertz CT molecular complexity index is 650. The highest BCUT2D eigenvalue weighted by molar-refractivity contribution is 5.74. The second-order valence-corrected chi connectivity index (χ2v) is 5.46. The summed E-state index contributed by atoms with van der Waals surface area (Å²) in [5, 5.41) is 0. The van der Waals surface area contributed by atoms with Crippen LogP contribution in [0.3, 0.4) is 0 Å². The van der Waals surface area contributed by atoms with Gasteiger partial charge < -0.3 is 20.9 Å². The molecule has 0 aliphatic carbocycles. The molecule has 0 fully saturated rings. The van der Waals surface area contributed by atoms with Gasteiger partial charge in [-0.3, -0.25) is 9.59 Å². The maximum absolute atomic E-state index is 11.2. The molecule has 2 aromatic carbocycles. The summed E-state index contributed by atoms with van der Waals surface area (Å²) in [7, 11) is 0. The molecule has 132 valence electrons. The van der Waals surface area contributed by atoms with Crippen LogP contribution in [-0.4, -0.2) is 25.0 Å². The number of rotatable bonds is 7. The highest BCUT2D eigenvalue weighted by Crippen LogP contribution is 2.30. The molecule has 0 bridgehead atoms. The quantitative estimate of drug-likeness (QED) is 0.589. The van der Waals surface area contributed by atoms with Crippen LogP contribution in [0.1, 0.15) is 30.4 Å². The zero-order valence-corrected chi connectivity index (χ0v) is 14.1. The zero-order chi connectivity index (χ0) is 18.2. The van der Waals surface area contributed by atoms with Crippen LogP contribution < -0.4 is 20.9 Å². The lowest BCUT2D eigenvalue weighted by Crippen LogP contribution is -2.19. The first-order valence-electron chi connectivity index (χ1n) is 8.08. The molecule has 4 N–H and O–H groups in total. The summed E-state index contributed by atoms with van der Waals surface area (Å²) in [5.74, 6) is 0.180. The normalized spacial score (nSPS) is 10.6. The molecule has 2 aromatic rings. The Kier molecular flexibility index (Phi) is 6.68. The van der Waals surface area contributed by atoms with Crippen molar-refractivity contribution in [3.05, 3.63) is 59.7 Å². The van der Waals surface area contributed by atoms with E-state index < -0.39 is 11.9 Å². The van der Waals surface area contributed by atoms with E-state index in [0.29, 0.717) is 11.5 Å². The van der Waals surface area contributed by atoms with Crippen molar-refractivity contribution in [2.45, 2.75) is 19.3 Å². The van der Waals surface area contributed by atoms with Gasteiger partial charge >= 0.3 is 11.9 Å². The van der Waals surface area contributed by atoms with Crippen LogP contribution in [-0.2, 0) is 9.59 Å². The zero-order valence-electron chi connectivity index (χ0n) is 14.1. The lowest BCUT2D eigenvalue weighted by atomic mass is 9.89. The van der Waals surface area contributed by atoms with Crippen molar-refractivity contribution in [2.75, 3.05) is 13.1 Å². The second-order valence-electron chi connectivity index (χ2n) is 5.46. The standard InChI is InChI=1S/C19H22N2O4/c1-2-17(13-3-7-15(8-4-13)24-18(22)11-20)14-5-9-16(10-6-14)25-19(23)12-21/h3-10,17H,2,11-12,20-21H2,1H3. The molecule has 2 rings (SSSR count). The van der Waals surface area contributed by atoms with Gasteiger partial charge in [-0.25, -0.2) is 0 Å². The summed E-state index contributed by atoms with van der Waals surface area (Å²) in [6, 6.07) is 14.7. The van der Waals surface area contributed by atoms with Gasteiger partial charge in [-0.1, -0.05) is 31.2 Å². The van der Waals surface area contributed by atoms with E-state index in [2.05, 4.69) is 6.92 Å². The Hall–Kier alpha value is -2.70. The number of benzene rings is 2. The number of hydrogen-bond acceptors (Lipinski definition) is 6. The first-order valence-corrected chi connectivity index (χ1v) is 8.08. The maximum Gasteiger partial charge on any atom is 0.325 e. The molecule has 25 heavy (non-hydrogen) atoms. The fraction of sp³-hybridized carbons (Fsp3) is 0.263. The van der Waals surface area contributed by atoms with E-state index in [1.807, 2.05) is 24.3 Å². The van der Waals surface area contributed by atoms with Crippen LogP contribution >= 0.6 is 0 Å². The smallest absolute Gasteiger partial charge is 0.325 e. The van der Waals surface area contributed by atoms with Gasteiger partial charge in [0.1, 0.15) is 11.5 Å². The van der Waals surface area contributed by atoms with E-state index in [1.54, 1.807) is 24.3 Å². The van der Waals surface area contributed by atoms with E-state index in [1.165, 1.54) is 0 Å². The van der Waals surface area contributed by atoms with Crippen molar-refractivity contribution in [1.82, 2.24) is 0 Å². The van der Waals surface area contributed by atoms with E-state index in [4.69, 9.17) is 20.9 Å². The molecule has 6 nitrogen and oxygen atoms in total. The van der Waals surface area contributed by atoms with Gasteiger partial charge in [0.05, 0.1) is 13.1 Å². The maximum atomic E-state index is 11.2. The minimum atomic E-state index is -0.470. The topological polar surface area (TPSA) is 105 Å².